The Kier molecular flexibility index (Phi) is 3.83. The predicted octanol–water partition coefficient (Wildman–Crippen LogP) is 3.13. The van der Waals surface area contributed by atoms with Gasteiger partial charge in [-0.2, -0.15) is 0 Å². The lowest BCUT2D eigenvalue weighted by Crippen LogP contribution is -2.06. The number of nitrogens with zero attached hydrogens (tertiary/aromatic N) is 3. The highest BCUT2D eigenvalue weighted by Gasteiger charge is 2.08. The Balaban J connectivity index is 2.11. The van der Waals surface area contributed by atoms with Gasteiger partial charge in [0.2, 0.25) is 5.89 Å². The van der Waals surface area contributed by atoms with Crippen LogP contribution in [0, 0.1) is 20.8 Å². The molecule has 0 atom stereocenters. The fraction of sp³-hybridized carbons (Fsp3) is 0.500. The molecule has 5 nitrogen and oxygen atoms in total. The zero-order chi connectivity index (χ0) is 14.0. The van der Waals surface area contributed by atoms with Gasteiger partial charge in [-0.1, -0.05) is 13.8 Å². The van der Waals surface area contributed by atoms with Gasteiger partial charge in [0.25, 0.3) is 0 Å². The lowest BCUT2D eigenvalue weighted by molar-refractivity contribution is 0.478. The number of anilines is 1. The molecule has 0 radical (unpaired) electrons. The highest BCUT2D eigenvalue weighted by Crippen LogP contribution is 2.15. The van der Waals surface area contributed by atoms with Gasteiger partial charge in [0.1, 0.15) is 17.4 Å². The van der Waals surface area contributed by atoms with Gasteiger partial charge in [0.15, 0.2) is 0 Å². The molecule has 0 spiro atoms. The van der Waals surface area contributed by atoms with Gasteiger partial charge in [-0.3, -0.25) is 0 Å². The highest BCUT2D eigenvalue weighted by atomic mass is 16.4. The third-order valence-electron chi connectivity index (χ3n) is 2.88. The van der Waals surface area contributed by atoms with Crippen molar-refractivity contribution in [2.75, 3.05) is 5.32 Å². The summed E-state index contributed by atoms with van der Waals surface area (Å²) in [5.74, 6) is 3.51. The van der Waals surface area contributed by atoms with Crippen LogP contribution in [0.5, 0.6) is 0 Å². The van der Waals surface area contributed by atoms with E-state index in [0.29, 0.717) is 18.4 Å². The van der Waals surface area contributed by atoms with Gasteiger partial charge in [0.05, 0.1) is 12.2 Å². The van der Waals surface area contributed by atoms with Gasteiger partial charge >= 0.3 is 0 Å². The number of aromatic nitrogens is 3. The fourth-order valence-electron chi connectivity index (χ4n) is 1.72. The molecule has 102 valence electrons. The SMILES string of the molecule is Cc1cc(NCc2nc(C)c(C)o2)nc(C(C)C)n1. The molecule has 0 aliphatic heterocycles. The van der Waals surface area contributed by atoms with E-state index in [1.807, 2.05) is 26.8 Å². The first kappa shape index (κ1) is 13.5. The predicted molar refractivity (Wildman–Crippen MR) is 74.2 cm³/mol. The first-order valence-electron chi connectivity index (χ1n) is 6.48. The third-order valence-corrected chi connectivity index (χ3v) is 2.88. The Morgan fingerprint density at radius 2 is 1.89 bits per heavy atom. The summed E-state index contributed by atoms with van der Waals surface area (Å²) < 4.78 is 5.53. The topological polar surface area (TPSA) is 63.8 Å². The Morgan fingerprint density at radius 3 is 2.47 bits per heavy atom. The van der Waals surface area contributed by atoms with E-state index in [1.54, 1.807) is 0 Å². The van der Waals surface area contributed by atoms with E-state index >= 15 is 0 Å². The zero-order valence-electron chi connectivity index (χ0n) is 12.1. The second kappa shape index (κ2) is 5.38. The Morgan fingerprint density at radius 1 is 1.16 bits per heavy atom. The summed E-state index contributed by atoms with van der Waals surface area (Å²) in [6.07, 6.45) is 0. The van der Waals surface area contributed by atoms with Crippen LogP contribution < -0.4 is 5.32 Å². The summed E-state index contributed by atoms with van der Waals surface area (Å²) in [6.45, 7) is 10.5. The zero-order valence-corrected chi connectivity index (χ0v) is 12.1. The molecule has 0 bridgehead atoms. The average Bonchev–Trinajstić information content (AvgIpc) is 2.65. The molecule has 0 fully saturated rings. The number of hydrogen-bond donors (Lipinski definition) is 1. The van der Waals surface area contributed by atoms with Crippen molar-refractivity contribution in [3.63, 3.8) is 0 Å². The maximum absolute atomic E-state index is 5.53. The minimum atomic E-state index is 0.312. The minimum absolute atomic E-state index is 0.312. The molecule has 0 aliphatic rings. The van der Waals surface area contributed by atoms with Crippen LogP contribution in [-0.2, 0) is 6.54 Å². The van der Waals surface area contributed by atoms with E-state index in [4.69, 9.17) is 4.42 Å². The van der Waals surface area contributed by atoms with E-state index < -0.39 is 0 Å². The number of hydrogen-bond acceptors (Lipinski definition) is 5. The average molecular weight is 260 g/mol. The van der Waals surface area contributed by atoms with Crippen LogP contribution in [0.25, 0.3) is 0 Å². The number of nitrogens with one attached hydrogen (secondary N) is 1. The molecule has 19 heavy (non-hydrogen) atoms. The molecule has 0 amide bonds. The monoisotopic (exact) mass is 260 g/mol. The molecule has 2 aromatic rings. The second-order valence-corrected chi connectivity index (χ2v) is 5.01. The molecule has 0 aromatic carbocycles. The molecule has 0 saturated carbocycles. The number of oxazole rings is 1. The van der Waals surface area contributed by atoms with Gasteiger partial charge in [0, 0.05) is 17.7 Å². The maximum atomic E-state index is 5.53. The highest BCUT2D eigenvalue weighted by molar-refractivity contribution is 5.36. The van der Waals surface area contributed by atoms with Crippen LogP contribution in [0.15, 0.2) is 10.5 Å². The lowest BCUT2D eigenvalue weighted by Gasteiger charge is -2.09. The van der Waals surface area contributed by atoms with E-state index in [9.17, 15) is 0 Å². The Labute approximate surface area is 113 Å². The Hall–Kier alpha value is -1.91. The summed E-state index contributed by atoms with van der Waals surface area (Å²) in [7, 11) is 0. The molecule has 0 unspecified atom stereocenters. The summed E-state index contributed by atoms with van der Waals surface area (Å²) in [6, 6.07) is 1.93. The summed E-state index contributed by atoms with van der Waals surface area (Å²) in [5, 5.41) is 3.23. The third kappa shape index (κ3) is 3.30. The summed E-state index contributed by atoms with van der Waals surface area (Å²) in [4.78, 5) is 13.2. The van der Waals surface area contributed by atoms with E-state index in [0.717, 1.165) is 28.8 Å². The van der Waals surface area contributed by atoms with E-state index in [1.165, 1.54) is 0 Å². The van der Waals surface area contributed by atoms with Crippen LogP contribution in [0.4, 0.5) is 5.82 Å². The molecular weight excluding hydrogens is 240 g/mol. The summed E-state index contributed by atoms with van der Waals surface area (Å²) in [5.41, 5.74) is 1.89. The van der Waals surface area contributed by atoms with Crippen molar-refractivity contribution in [3.05, 3.63) is 34.9 Å². The molecule has 2 aromatic heterocycles. The lowest BCUT2D eigenvalue weighted by atomic mass is 10.2. The molecule has 0 saturated heterocycles. The van der Waals surface area contributed by atoms with Crippen molar-refractivity contribution in [2.24, 2.45) is 0 Å². The van der Waals surface area contributed by atoms with Gasteiger partial charge in [-0.05, 0) is 20.8 Å². The molecule has 5 heteroatoms. The molecule has 0 aliphatic carbocycles. The maximum Gasteiger partial charge on any atom is 0.213 e. The van der Waals surface area contributed by atoms with Crippen LogP contribution >= 0.6 is 0 Å². The Bertz CT molecular complexity index is 555. The quantitative estimate of drug-likeness (QED) is 0.915. The van der Waals surface area contributed by atoms with Crippen LogP contribution in [0.2, 0.25) is 0 Å². The fourth-order valence-corrected chi connectivity index (χ4v) is 1.72. The molecule has 2 rings (SSSR count). The van der Waals surface area contributed by atoms with Crippen molar-refractivity contribution in [1.29, 1.82) is 0 Å². The standard InChI is InChI=1S/C14H20N4O/c1-8(2)14-16-9(3)6-12(18-14)15-7-13-17-10(4)11(5)19-13/h6,8H,7H2,1-5H3,(H,15,16,18). The first-order chi connectivity index (χ1) is 8.95. The molecule has 1 N–H and O–H groups in total. The van der Waals surface area contributed by atoms with Crippen LogP contribution in [-0.4, -0.2) is 15.0 Å². The van der Waals surface area contributed by atoms with Crippen molar-refractivity contribution >= 4 is 5.82 Å². The van der Waals surface area contributed by atoms with Crippen molar-refractivity contribution in [1.82, 2.24) is 15.0 Å². The van der Waals surface area contributed by atoms with Crippen molar-refractivity contribution in [3.8, 4) is 0 Å². The molecule has 2 heterocycles. The number of aryl methyl sites for hydroxylation is 3. The van der Waals surface area contributed by atoms with Crippen LogP contribution in [0.3, 0.4) is 0 Å². The number of rotatable bonds is 4. The van der Waals surface area contributed by atoms with E-state index in [-0.39, 0.29) is 0 Å². The smallest absolute Gasteiger partial charge is 0.213 e. The van der Waals surface area contributed by atoms with E-state index in [2.05, 4.69) is 34.1 Å². The second-order valence-electron chi connectivity index (χ2n) is 5.01. The van der Waals surface area contributed by atoms with Gasteiger partial charge in [-0.25, -0.2) is 15.0 Å². The van der Waals surface area contributed by atoms with Crippen molar-refractivity contribution < 1.29 is 4.42 Å². The largest absolute Gasteiger partial charge is 0.444 e. The normalized spacial score (nSPS) is 11.1. The minimum Gasteiger partial charge on any atom is -0.444 e. The van der Waals surface area contributed by atoms with Gasteiger partial charge in [-0.15, -0.1) is 0 Å². The first-order valence-corrected chi connectivity index (χ1v) is 6.48. The molecular formula is C14H20N4O. The van der Waals surface area contributed by atoms with Crippen molar-refractivity contribution in [2.45, 2.75) is 47.1 Å². The van der Waals surface area contributed by atoms with Gasteiger partial charge < -0.3 is 9.73 Å². The van der Waals surface area contributed by atoms with Crippen LogP contribution in [0.1, 0.15) is 48.6 Å². The summed E-state index contributed by atoms with van der Waals surface area (Å²) >= 11 is 0.